The number of benzene rings is 1. The predicted octanol–water partition coefficient (Wildman–Crippen LogP) is 5.25. The smallest absolute Gasteiger partial charge is 0.147 e. The molecule has 1 rings (SSSR count). The Kier molecular flexibility index (Phi) is 9.31. The maximum absolute atomic E-state index is 10.7. The average Bonchev–Trinajstić information content (AvgIpc) is 2.48. The molecule has 0 unspecified atom stereocenters. The first-order valence-corrected chi connectivity index (χ1v) is 13.4. The summed E-state index contributed by atoms with van der Waals surface area (Å²) < 4.78 is 11.0. The van der Waals surface area contributed by atoms with Gasteiger partial charge in [-0.2, -0.15) is 0 Å². The van der Waals surface area contributed by atoms with E-state index in [2.05, 4.69) is 33.5 Å². The number of hydrogen-bond acceptors (Lipinski definition) is 4. The molecule has 0 aliphatic carbocycles. The summed E-state index contributed by atoms with van der Waals surface area (Å²) in [6.07, 6.45) is 2.64. The lowest BCUT2D eigenvalue weighted by Gasteiger charge is -2.25. The molecule has 0 bridgehead atoms. The molecule has 1 aromatic rings. The van der Waals surface area contributed by atoms with E-state index >= 15 is 0 Å². The Morgan fingerprint density at radius 3 is 2.42 bits per heavy atom. The van der Waals surface area contributed by atoms with Crippen LogP contribution >= 0.6 is 0 Å². The number of ether oxygens (including phenoxy) is 2. The van der Waals surface area contributed by atoms with Crippen molar-refractivity contribution < 1.29 is 19.7 Å². The number of phenols is 1. The SMILES string of the molecule is CC(C)CCC[C@](C)(O)c1ccc(COCOCC[Si](C)(C)C)cc1O. The monoisotopic (exact) mass is 382 g/mol. The molecule has 5 heteroatoms. The van der Waals surface area contributed by atoms with Gasteiger partial charge in [-0.25, -0.2) is 0 Å². The van der Waals surface area contributed by atoms with Crippen molar-refractivity contribution in [3.8, 4) is 5.75 Å². The molecule has 26 heavy (non-hydrogen) atoms. The van der Waals surface area contributed by atoms with E-state index in [0.717, 1.165) is 31.1 Å². The van der Waals surface area contributed by atoms with E-state index in [4.69, 9.17) is 9.47 Å². The summed E-state index contributed by atoms with van der Waals surface area (Å²) in [5.41, 5.74) is 0.438. The van der Waals surface area contributed by atoms with Crippen LogP contribution < -0.4 is 0 Å². The van der Waals surface area contributed by atoms with Crippen LogP contribution in [0.2, 0.25) is 25.7 Å². The second-order valence-corrected chi connectivity index (χ2v) is 14.7. The summed E-state index contributed by atoms with van der Waals surface area (Å²) in [4.78, 5) is 0. The van der Waals surface area contributed by atoms with Gasteiger partial charge in [-0.3, -0.25) is 0 Å². The lowest BCUT2D eigenvalue weighted by atomic mass is 9.88. The van der Waals surface area contributed by atoms with Crippen molar-refractivity contribution >= 4 is 8.07 Å². The maximum atomic E-state index is 10.7. The van der Waals surface area contributed by atoms with Crippen molar-refractivity contribution in [2.75, 3.05) is 13.4 Å². The molecule has 0 saturated carbocycles. The van der Waals surface area contributed by atoms with Crippen molar-refractivity contribution in [1.29, 1.82) is 0 Å². The van der Waals surface area contributed by atoms with Crippen LogP contribution in [0.4, 0.5) is 0 Å². The van der Waals surface area contributed by atoms with E-state index < -0.39 is 13.7 Å². The highest BCUT2D eigenvalue weighted by Crippen LogP contribution is 2.34. The van der Waals surface area contributed by atoms with E-state index in [-0.39, 0.29) is 12.5 Å². The number of aliphatic hydroxyl groups is 1. The summed E-state index contributed by atoms with van der Waals surface area (Å²) in [6.45, 7) is 14.5. The second-order valence-electron chi connectivity index (χ2n) is 9.10. The first-order valence-electron chi connectivity index (χ1n) is 9.71. The molecule has 0 aliphatic heterocycles. The minimum absolute atomic E-state index is 0.125. The van der Waals surface area contributed by atoms with Gasteiger partial charge in [0.25, 0.3) is 0 Å². The Hall–Kier alpha value is -0.883. The fourth-order valence-electron chi connectivity index (χ4n) is 2.77. The van der Waals surface area contributed by atoms with E-state index in [1.54, 1.807) is 19.1 Å². The fraction of sp³-hybridized carbons (Fsp3) is 0.714. The Labute approximate surface area is 160 Å². The highest BCUT2D eigenvalue weighted by molar-refractivity contribution is 6.76. The van der Waals surface area contributed by atoms with Gasteiger partial charge in [0.15, 0.2) is 0 Å². The Morgan fingerprint density at radius 1 is 1.15 bits per heavy atom. The molecule has 0 amide bonds. The summed E-state index contributed by atoms with van der Waals surface area (Å²) in [7, 11) is -1.07. The largest absolute Gasteiger partial charge is 0.508 e. The number of hydrogen-bond donors (Lipinski definition) is 2. The minimum Gasteiger partial charge on any atom is -0.508 e. The quantitative estimate of drug-likeness (QED) is 0.294. The van der Waals surface area contributed by atoms with Gasteiger partial charge >= 0.3 is 0 Å². The van der Waals surface area contributed by atoms with Gasteiger partial charge in [0.2, 0.25) is 0 Å². The summed E-state index contributed by atoms with van der Waals surface area (Å²) in [6, 6.07) is 6.50. The zero-order chi connectivity index (χ0) is 19.8. The van der Waals surface area contributed by atoms with Crippen LogP contribution in [0.5, 0.6) is 5.75 Å². The van der Waals surface area contributed by atoms with Crippen LogP contribution in [0.25, 0.3) is 0 Å². The van der Waals surface area contributed by atoms with E-state index in [1.165, 1.54) is 0 Å². The number of phenolic OH excluding ortho intramolecular Hbond substituents is 1. The van der Waals surface area contributed by atoms with Gasteiger partial charge in [0.1, 0.15) is 12.5 Å². The third-order valence-corrected chi connectivity index (χ3v) is 6.22. The van der Waals surface area contributed by atoms with Crippen LogP contribution in [0, 0.1) is 5.92 Å². The normalized spacial score (nSPS) is 14.6. The van der Waals surface area contributed by atoms with Crippen molar-refractivity contribution in [3.05, 3.63) is 29.3 Å². The highest BCUT2D eigenvalue weighted by Gasteiger charge is 2.26. The van der Waals surface area contributed by atoms with Gasteiger partial charge in [-0.1, -0.05) is 52.0 Å². The lowest BCUT2D eigenvalue weighted by molar-refractivity contribution is -0.0574. The van der Waals surface area contributed by atoms with Gasteiger partial charge in [-0.15, -0.1) is 0 Å². The van der Waals surface area contributed by atoms with Crippen molar-refractivity contribution in [2.24, 2.45) is 5.92 Å². The van der Waals surface area contributed by atoms with Crippen molar-refractivity contribution in [3.63, 3.8) is 0 Å². The Morgan fingerprint density at radius 2 is 1.85 bits per heavy atom. The zero-order valence-corrected chi connectivity index (χ0v) is 18.5. The molecule has 1 aromatic carbocycles. The fourth-order valence-corrected chi connectivity index (χ4v) is 3.52. The van der Waals surface area contributed by atoms with Crippen LogP contribution in [0.3, 0.4) is 0 Å². The van der Waals surface area contributed by atoms with Gasteiger partial charge in [0.05, 0.1) is 12.2 Å². The summed E-state index contributed by atoms with van der Waals surface area (Å²) >= 11 is 0. The van der Waals surface area contributed by atoms with Gasteiger partial charge in [0, 0.05) is 20.2 Å². The molecule has 150 valence electrons. The number of aromatic hydroxyl groups is 1. The molecule has 0 saturated heterocycles. The topological polar surface area (TPSA) is 58.9 Å². The average molecular weight is 383 g/mol. The molecular formula is C21H38O4Si. The molecule has 0 heterocycles. The molecular weight excluding hydrogens is 344 g/mol. The second kappa shape index (κ2) is 10.5. The Balaban J connectivity index is 2.46. The van der Waals surface area contributed by atoms with Crippen LogP contribution in [-0.2, 0) is 21.7 Å². The van der Waals surface area contributed by atoms with Crippen LogP contribution in [0.15, 0.2) is 18.2 Å². The Bertz CT molecular complexity index is 535. The first-order chi connectivity index (χ1) is 12.0. The van der Waals surface area contributed by atoms with E-state index in [0.29, 0.717) is 24.5 Å². The van der Waals surface area contributed by atoms with E-state index in [1.807, 2.05) is 6.07 Å². The highest BCUT2D eigenvalue weighted by atomic mass is 28.3. The van der Waals surface area contributed by atoms with Crippen molar-refractivity contribution in [1.82, 2.24) is 0 Å². The molecule has 2 N–H and O–H groups in total. The van der Waals surface area contributed by atoms with E-state index in [9.17, 15) is 10.2 Å². The first kappa shape index (κ1) is 23.2. The van der Waals surface area contributed by atoms with Crippen molar-refractivity contribution in [2.45, 2.75) is 77.9 Å². The summed E-state index contributed by atoms with van der Waals surface area (Å²) in [5.74, 6) is 0.743. The molecule has 0 radical (unpaired) electrons. The molecule has 4 nitrogen and oxygen atoms in total. The standard InChI is InChI=1S/C21H38O4Si/c1-17(2)8-7-11-21(3,23)19-10-9-18(14-20(19)22)15-25-16-24-12-13-26(4,5)6/h9-10,14,17,22-23H,7-8,11-13,15-16H2,1-6H3/t21-/m0/s1. The molecule has 0 aromatic heterocycles. The molecule has 0 spiro atoms. The van der Waals surface area contributed by atoms with Crippen LogP contribution in [0.1, 0.15) is 51.2 Å². The lowest BCUT2D eigenvalue weighted by Crippen LogP contribution is -2.22. The number of rotatable bonds is 12. The molecule has 0 aliphatic rings. The zero-order valence-electron chi connectivity index (χ0n) is 17.5. The molecule has 1 atom stereocenters. The minimum atomic E-state index is -1.07. The third kappa shape index (κ3) is 9.17. The summed E-state index contributed by atoms with van der Waals surface area (Å²) in [5, 5.41) is 21.0. The van der Waals surface area contributed by atoms with Gasteiger partial charge < -0.3 is 19.7 Å². The molecule has 0 fully saturated rings. The van der Waals surface area contributed by atoms with Gasteiger partial charge in [-0.05, 0) is 43.4 Å². The van der Waals surface area contributed by atoms with Crippen LogP contribution in [-0.4, -0.2) is 31.7 Å². The maximum Gasteiger partial charge on any atom is 0.147 e. The predicted molar refractivity (Wildman–Crippen MR) is 110 cm³/mol. The third-order valence-electron chi connectivity index (χ3n) is 4.52.